The van der Waals surface area contributed by atoms with Gasteiger partial charge in [0.05, 0.1) is 11.5 Å². The highest BCUT2D eigenvalue weighted by Gasteiger charge is 2.30. The zero-order valence-corrected chi connectivity index (χ0v) is 14.9. The molecule has 2 N–H and O–H groups in total. The maximum atomic E-state index is 12.0. The first-order valence-electron chi connectivity index (χ1n) is 7.22. The Morgan fingerprint density at radius 1 is 1.17 bits per heavy atom. The molecule has 1 fully saturated rings. The molecule has 5 nitrogen and oxygen atoms in total. The summed E-state index contributed by atoms with van der Waals surface area (Å²) in [5.74, 6) is 0.148. The van der Waals surface area contributed by atoms with Crippen molar-refractivity contribution >= 4 is 45.0 Å². The predicted molar refractivity (Wildman–Crippen MR) is 101 cm³/mol. The molecule has 1 saturated heterocycles. The van der Waals surface area contributed by atoms with Crippen molar-refractivity contribution in [2.75, 3.05) is 0 Å². The van der Waals surface area contributed by atoms with Crippen molar-refractivity contribution in [2.24, 2.45) is 10.2 Å². The lowest BCUT2D eigenvalue weighted by molar-refractivity contribution is -0.118. The van der Waals surface area contributed by atoms with Gasteiger partial charge in [-0.1, -0.05) is 39.8 Å². The van der Waals surface area contributed by atoms with Crippen molar-refractivity contribution in [2.45, 2.75) is 11.7 Å². The molecule has 0 bridgehead atoms. The van der Waals surface area contributed by atoms with Crippen LogP contribution in [0, 0.1) is 0 Å². The molecule has 0 radical (unpaired) electrons. The number of carbonyl (C=O) groups excluding carboxylic acids is 1. The highest BCUT2D eigenvalue weighted by molar-refractivity contribution is 9.10. The molecule has 2 aromatic rings. The molecule has 1 heterocycles. The summed E-state index contributed by atoms with van der Waals surface area (Å²) in [4.78, 5) is 12.0. The van der Waals surface area contributed by atoms with Crippen LogP contribution in [-0.4, -0.2) is 27.6 Å². The van der Waals surface area contributed by atoms with Gasteiger partial charge in [0, 0.05) is 4.47 Å². The monoisotopic (exact) mass is 403 g/mol. The maximum Gasteiger partial charge on any atom is 0.239 e. The van der Waals surface area contributed by atoms with Crippen LogP contribution in [0.1, 0.15) is 11.1 Å². The summed E-state index contributed by atoms with van der Waals surface area (Å²) in [6.07, 6.45) is 2.21. The van der Waals surface area contributed by atoms with Gasteiger partial charge < -0.3 is 10.4 Å². The molecule has 1 unspecified atom stereocenters. The maximum absolute atomic E-state index is 12.0. The Labute approximate surface area is 152 Å². The number of phenols is 1. The summed E-state index contributed by atoms with van der Waals surface area (Å²) in [5, 5.41) is 20.3. The zero-order valence-electron chi connectivity index (χ0n) is 12.5. The Hall–Kier alpha value is -2.12. The van der Waals surface area contributed by atoms with E-state index >= 15 is 0 Å². The zero-order chi connectivity index (χ0) is 16.9. The number of nitrogens with one attached hydrogen (secondary N) is 1. The topological polar surface area (TPSA) is 74.0 Å². The van der Waals surface area contributed by atoms with Gasteiger partial charge in [-0.05, 0) is 53.9 Å². The summed E-state index contributed by atoms with van der Waals surface area (Å²) < 4.78 is 1.01. The van der Waals surface area contributed by atoms with Gasteiger partial charge in [-0.2, -0.15) is 5.10 Å². The van der Waals surface area contributed by atoms with Crippen molar-refractivity contribution in [3.8, 4) is 5.75 Å². The normalized spacial score (nSPS) is 19.1. The molecule has 0 aromatic heterocycles. The first-order valence-corrected chi connectivity index (χ1v) is 8.89. The van der Waals surface area contributed by atoms with Gasteiger partial charge in [-0.3, -0.25) is 4.79 Å². The number of halogens is 1. The Morgan fingerprint density at radius 3 is 2.58 bits per heavy atom. The number of hydrogen-bond donors (Lipinski definition) is 2. The van der Waals surface area contributed by atoms with Crippen molar-refractivity contribution in [3.05, 3.63) is 64.1 Å². The lowest BCUT2D eigenvalue weighted by Gasteiger charge is -2.05. The van der Waals surface area contributed by atoms with E-state index in [2.05, 4.69) is 31.4 Å². The predicted octanol–water partition coefficient (Wildman–Crippen LogP) is 3.32. The summed E-state index contributed by atoms with van der Waals surface area (Å²) in [7, 11) is 0. The number of benzene rings is 2. The third-order valence-electron chi connectivity index (χ3n) is 3.36. The molecule has 1 aliphatic rings. The number of nitrogens with zero attached hydrogens (tertiary/aromatic N) is 2. The SMILES string of the molecule is O=C1N/C(=N/N=C/c2ccc(O)cc2)SC1Cc1ccc(Br)cc1. The van der Waals surface area contributed by atoms with Gasteiger partial charge >= 0.3 is 0 Å². The number of carbonyl (C=O) groups is 1. The van der Waals surface area contributed by atoms with Crippen LogP contribution in [0.4, 0.5) is 0 Å². The number of phenolic OH excluding ortho intramolecular Hbond substituents is 1. The highest BCUT2D eigenvalue weighted by atomic mass is 79.9. The van der Waals surface area contributed by atoms with Crippen LogP contribution < -0.4 is 5.32 Å². The smallest absolute Gasteiger partial charge is 0.239 e. The Morgan fingerprint density at radius 2 is 1.88 bits per heavy atom. The number of amides is 1. The number of hydrogen-bond acceptors (Lipinski definition) is 5. The number of thioether (sulfide) groups is 1. The highest BCUT2D eigenvalue weighted by Crippen LogP contribution is 2.24. The first-order chi connectivity index (χ1) is 11.6. The van der Waals surface area contributed by atoms with Crippen LogP contribution in [0.15, 0.2) is 63.2 Å². The standard InChI is InChI=1S/C17H14BrN3O2S/c18-13-5-1-11(2-6-13)9-15-16(23)20-17(24-15)21-19-10-12-3-7-14(22)8-4-12/h1-8,10,15,22H,9H2,(H,20,21,23)/b19-10+. The average molecular weight is 404 g/mol. The molecular weight excluding hydrogens is 390 g/mol. The molecule has 0 saturated carbocycles. The van der Waals surface area contributed by atoms with Crippen LogP contribution >= 0.6 is 27.7 Å². The van der Waals surface area contributed by atoms with Gasteiger partial charge in [0.2, 0.25) is 5.91 Å². The van der Waals surface area contributed by atoms with Gasteiger partial charge in [-0.15, -0.1) is 5.10 Å². The number of rotatable bonds is 4. The van der Waals surface area contributed by atoms with E-state index in [1.165, 1.54) is 11.8 Å². The fourth-order valence-electron chi connectivity index (χ4n) is 2.13. The second kappa shape index (κ2) is 7.63. The summed E-state index contributed by atoms with van der Waals surface area (Å²) in [6.45, 7) is 0. The molecule has 24 heavy (non-hydrogen) atoms. The van der Waals surface area contributed by atoms with Gasteiger partial charge in [0.25, 0.3) is 0 Å². The van der Waals surface area contributed by atoms with Crippen LogP contribution in [0.3, 0.4) is 0 Å². The minimum Gasteiger partial charge on any atom is -0.508 e. The third kappa shape index (κ3) is 4.46. The first kappa shape index (κ1) is 16.7. The van der Waals surface area contributed by atoms with E-state index in [9.17, 15) is 9.90 Å². The minimum absolute atomic E-state index is 0.0542. The Kier molecular flexibility index (Phi) is 5.32. The lowest BCUT2D eigenvalue weighted by Crippen LogP contribution is -2.25. The van der Waals surface area contributed by atoms with E-state index < -0.39 is 0 Å². The van der Waals surface area contributed by atoms with E-state index in [1.807, 2.05) is 24.3 Å². The molecule has 3 rings (SSSR count). The van der Waals surface area contributed by atoms with Crippen LogP contribution in [0.2, 0.25) is 0 Å². The second-order valence-electron chi connectivity index (χ2n) is 5.17. The van der Waals surface area contributed by atoms with Gasteiger partial charge in [0.1, 0.15) is 5.75 Å². The molecule has 7 heteroatoms. The number of amidine groups is 1. The fraction of sp³-hybridized carbons (Fsp3) is 0.118. The quantitative estimate of drug-likeness (QED) is 0.607. The molecule has 0 spiro atoms. The van der Waals surface area contributed by atoms with E-state index in [1.54, 1.807) is 30.5 Å². The van der Waals surface area contributed by atoms with Crippen molar-refractivity contribution in [1.82, 2.24) is 5.32 Å². The summed E-state index contributed by atoms with van der Waals surface area (Å²) in [6, 6.07) is 14.5. The molecular formula is C17H14BrN3O2S. The average Bonchev–Trinajstić information content (AvgIpc) is 2.91. The van der Waals surface area contributed by atoms with Crippen LogP contribution in [0.5, 0.6) is 5.75 Å². The minimum atomic E-state index is -0.200. The fourth-order valence-corrected chi connectivity index (χ4v) is 3.36. The number of aromatic hydroxyl groups is 1. The van der Waals surface area contributed by atoms with Crippen molar-refractivity contribution < 1.29 is 9.90 Å². The van der Waals surface area contributed by atoms with Crippen LogP contribution in [0.25, 0.3) is 0 Å². The second-order valence-corrected chi connectivity index (χ2v) is 7.27. The lowest BCUT2D eigenvalue weighted by atomic mass is 10.1. The van der Waals surface area contributed by atoms with Gasteiger partial charge in [0.15, 0.2) is 5.17 Å². The van der Waals surface area contributed by atoms with E-state index in [-0.39, 0.29) is 16.9 Å². The summed E-state index contributed by atoms with van der Waals surface area (Å²) >= 11 is 4.78. The third-order valence-corrected chi connectivity index (χ3v) is 4.96. The Bertz CT molecular complexity index is 788. The van der Waals surface area contributed by atoms with Crippen LogP contribution in [-0.2, 0) is 11.2 Å². The van der Waals surface area contributed by atoms with Gasteiger partial charge in [-0.25, -0.2) is 0 Å². The van der Waals surface area contributed by atoms with Crippen molar-refractivity contribution in [1.29, 1.82) is 0 Å². The molecule has 0 aliphatic carbocycles. The molecule has 122 valence electrons. The molecule has 1 atom stereocenters. The van der Waals surface area contributed by atoms with E-state index in [0.29, 0.717) is 11.6 Å². The Balaban J connectivity index is 1.61. The molecule has 1 aliphatic heterocycles. The largest absolute Gasteiger partial charge is 0.508 e. The van der Waals surface area contributed by atoms with E-state index in [0.717, 1.165) is 15.6 Å². The summed E-state index contributed by atoms with van der Waals surface area (Å²) in [5.41, 5.74) is 1.91. The van der Waals surface area contributed by atoms with Crippen molar-refractivity contribution in [3.63, 3.8) is 0 Å². The molecule has 1 amide bonds. The molecule has 2 aromatic carbocycles. The van der Waals surface area contributed by atoms with E-state index in [4.69, 9.17) is 0 Å².